The third-order valence-corrected chi connectivity index (χ3v) is 7.18. The van der Waals surface area contributed by atoms with Gasteiger partial charge >= 0.3 is 0 Å². The molecule has 1 spiro atoms. The molecular formula is C22H26ClFN4O3. The highest BCUT2D eigenvalue weighted by Crippen LogP contribution is 2.47. The third-order valence-electron chi connectivity index (χ3n) is 6.99. The molecule has 0 N–H and O–H groups in total. The molecule has 3 aliphatic rings. The van der Waals surface area contributed by atoms with E-state index < -0.39 is 11.6 Å². The molecule has 2 aromatic rings. The Balaban J connectivity index is 1.42. The number of likely N-dealkylation sites (N-methyl/N-ethyl adjacent to an activating group) is 1. The van der Waals surface area contributed by atoms with Gasteiger partial charge in [0, 0.05) is 30.6 Å². The minimum Gasteiger partial charge on any atom is -0.476 e. The van der Waals surface area contributed by atoms with Crippen molar-refractivity contribution in [2.75, 3.05) is 20.2 Å². The second-order valence-corrected chi connectivity index (χ2v) is 9.38. The molecule has 31 heavy (non-hydrogen) atoms. The number of likely N-dealkylation sites (tertiary alicyclic amines) is 1. The van der Waals surface area contributed by atoms with Gasteiger partial charge in [-0.15, -0.1) is 0 Å². The van der Waals surface area contributed by atoms with E-state index in [2.05, 4.69) is 15.1 Å². The highest BCUT2D eigenvalue weighted by atomic mass is 35.5. The number of nitrogens with zero attached hydrogens (tertiary/aromatic N) is 4. The monoisotopic (exact) mass is 448 g/mol. The summed E-state index contributed by atoms with van der Waals surface area (Å²) in [6.45, 7) is 0.730. The fourth-order valence-electron chi connectivity index (χ4n) is 5.33. The fraction of sp³-hybridized carbons (Fsp3) is 0.636. The van der Waals surface area contributed by atoms with Gasteiger partial charge in [-0.3, -0.25) is 9.69 Å². The molecule has 5 rings (SSSR count). The Hall–Kier alpha value is -2.06. The first-order valence-electron chi connectivity index (χ1n) is 11.0. The van der Waals surface area contributed by atoms with Crippen LogP contribution in [0.25, 0.3) is 11.5 Å². The van der Waals surface area contributed by atoms with Gasteiger partial charge in [0.05, 0.1) is 5.41 Å². The Labute approximate surface area is 185 Å². The number of fused-ring (bicyclic) bond motifs is 2. The van der Waals surface area contributed by atoms with Gasteiger partial charge in [0.2, 0.25) is 5.88 Å². The number of ketones is 1. The van der Waals surface area contributed by atoms with E-state index in [4.69, 9.17) is 20.9 Å². The lowest BCUT2D eigenvalue weighted by Crippen LogP contribution is -2.41. The molecule has 2 aromatic heterocycles. The standard InChI is InChI=1S/C22H26ClFN4O3/c1-28-11-13(24)9-14(28)12-30-18-10-17(23)25-21(26-18)19-15-5-4-8-22(20(15)31-27-19)7-3-2-6-16(22)29/h10,13-14H,2-9,11-12H2,1H3/t13-,14-,22+/m0/s1. The Morgan fingerprint density at radius 3 is 2.90 bits per heavy atom. The van der Waals surface area contributed by atoms with Crippen LogP contribution in [0.1, 0.15) is 56.3 Å². The van der Waals surface area contributed by atoms with Crippen LogP contribution < -0.4 is 4.74 Å². The largest absolute Gasteiger partial charge is 0.476 e. The van der Waals surface area contributed by atoms with Crippen molar-refractivity contribution in [3.63, 3.8) is 0 Å². The molecule has 3 atom stereocenters. The van der Waals surface area contributed by atoms with E-state index in [1.807, 2.05) is 11.9 Å². The zero-order chi connectivity index (χ0) is 21.6. The van der Waals surface area contributed by atoms with Gasteiger partial charge in [-0.2, -0.15) is 4.98 Å². The minimum absolute atomic E-state index is 0.0100. The van der Waals surface area contributed by atoms with E-state index >= 15 is 0 Å². The molecule has 166 valence electrons. The molecule has 3 heterocycles. The zero-order valence-corrected chi connectivity index (χ0v) is 18.3. The maximum Gasteiger partial charge on any atom is 0.218 e. The predicted molar refractivity (Wildman–Crippen MR) is 112 cm³/mol. The third kappa shape index (κ3) is 3.74. The number of carbonyl (C=O) groups excluding carboxylic acids is 1. The molecule has 0 unspecified atom stereocenters. The summed E-state index contributed by atoms with van der Waals surface area (Å²) in [7, 11) is 1.88. The van der Waals surface area contributed by atoms with Crippen molar-refractivity contribution in [1.82, 2.24) is 20.0 Å². The van der Waals surface area contributed by atoms with Crippen molar-refractivity contribution in [2.45, 2.75) is 69.0 Å². The first kappa shape index (κ1) is 20.8. The van der Waals surface area contributed by atoms with Crippen LogP contribution in [-0.4, -0.2) is 58.2 Å². The summed E-state index contributed by atoms with van der Waals surface area (Å²) in [4.78, 5) is 23.6. The van der Waals surface area contributed by atoms with Gasteiger partial charge in [-0.1, -0.05) is 23.2 Å². The summed E-state index contributed by atoms with van der Waals surface area (Å²) in [6.07, 6.45) is 5.43. The number of hydrogen-bond donors (Lipinski definition) is 0. The highest BCUT2D eigenvalue weighted by Gasteiger charge is 2.48. The summed E-state index contributed by atoms with van der Waals surface area (Å²) in [5.74, 6) is 1.59. The van der Waals surface area contributed by atoms with E-state index in [1.54, 1.807) is 6.07 Å². The molecule has 0 aromatic carbocycles. The van der Waals surface area contributed by atoms with Crippen molar-refractivity contribution in [2.24, 2.45) is 0 Å². The Bertz CT molecular complexity index is 999. The number of Topliss-reactive ketones (excluding diaryl/α,β-unsaturated/α-hetero) is 1. The number of rotatable bonds is 4. The van der Waals surface area contributed by atoms with Crippen molar-refractivity contribution in [3.8, 4) is 17.4 Å². The smallest absolute Gasteiger partial charge is 0.218 e. The van der Waals surface area contributed by atoms with Crippen LogP contribution in [-0.2, 0) is 16.6 Å². The normalized spacial score (nSPS) is 28.8. The lowest BCUT2D eigenvalue weighted by molar-refractivity contribution is -0.128. The molecule has 1 saturated heterocycles. The van der Waals surface area contributed by atoms with Gasteiger partial charge in [0.25, 0.3) is 0 Å². The van der Waals surface area contributed by atoms with Gasteiger partial charge in [-0.05, 0) is 45.6 Å². The van der Waals surface area contributed by atoms with E-state index in [0.717, 1.165) is 44.1 Å². The molecular weight excluding hydrogens is 423 g/mol. The van der Waals surface area contributed by atoms with Crippen LogP contribution in [0.4, 0.5) is 4.39 Å². The van der Waals surface area contributed by atoms with Crippen LogP contribution in [0.2, 0.25) is 5.15 Å². The molecule has 0 radical (unpaired) electrons. The summed E-state index contributed by atoms with van der Waals surface area (Å²) in [5.41, 5.74) is 0.887. The molecule has 7 nitrogen and oxygen atoms in total. The van der Waals surface area contributed by atoms with Gasteiger partial charge < -0.3 is 9.26 Å². The Morgan fingerprint density at radius 2 is 2.13 bits per heavy atom. The molecule has 2 fully saturated rings. The molecule has 9 heteroatoms. The summed E-state index contributed by atoms with van der Waals surface area (Å²) in [5, 5.41) is 4.50. The van der Waals surface area contributed by atoms with Crippen molar-refractivity contribution < 1.29 is 18.4 Å². The maximum atomic E-state index is 13.6. The number of ether oxygens (including phenoxy) is 1. The first-order chi connectivity index (χ1) is 15.0. The van der Waals surface area contributed by atoms with Crippen molar-refractivity contribution in [3.05, 3.63) is 22.5 Å². The summed E-state index contributed by atoms with van der Waals surface area (Å²) < 4.78 is 25.2. The lowest BCUT2D eigenvalue weighted by atomic mass is 9.64. The van der Waals surface area contributed by atoms with Gasteiger partial charge in [0.1, 0.15) is 23.7 Å². The molecule has 1 aliphatic heterocycles. The molecule has 0 bridgehead atoms. The number of aromatic nitrogens is 3. The molecule has 1 saturated carbocycles. The van der Waals surface area contributed by atoms with Crippen molar-refractivity contribution >= 4 is 17.4 Å². The van der Waals surface area contributed by atoms with E-state index in [1.165, 1.54) is 0 Å². The second-order valence-electron chi connectivity index (χ2n) is 8.99. The fourth-order valence-corrected chi connectivity index (χ4v) is 5.51. The average Bonchev–Trinajstić information content (AvgIpc) is 3.32. The topological polar surface area (TPSA) is 81.4 Å². The van der Waals surface area contributed by atoms with Crippen molar-refractivity contribution in [1.29, 1.82) is 0 Å². The van der Waals surface area contributed by atoms with Crippen LogP contribution in [0, 0.1) is 0 Å². The summed E-state index contributed by atoms with van der Waals surface area (Å²) >= 11 is 6.25. The molecule has 0 amide bonds. The highest BCUT2D eigenvalue weighted by molar-refractivity contribution is 6.29. The predicted octanol–water partition coefficient (Wildman–Crippen LogP) is 3.92. The summed E-state index contributed by atoms with van der Waals surface area (Å²) in [6, 6.07) is 1.54. The zero-order valence-electron chi connectivity index (χ0n) is 17.6. The Morgan fingerprint density at radius 1 is 1.29 bits per heavy atom. The van der Waals surface area contributed by atoms with Crippen LogP contribution in [0.3, 0.4) is 0 Å². The van der Waals surface area contributed by atoms with Crippen LogP contribution >= 0.6 is 11.6 Å². The number of alkyl halides is 1. The van der Waals surface area contributed by atoms with Gasteiger partial charge in [0.15, 0.2) is 17.3 Å². The lowest BCUT2D eigenvalue weighted by Gasteiger charge is -2.36. The van der Waals surface area contributed by atoms with E-state index in [0.29, 0.717) is 49.2 Å². The molecule has 2 aliphatic carbocycles. The van der Waals surface area contributed by atoms with Gasteiger partial charge in [-0.25, -0.2) is 9.37 Å². The van der Waals surface area contributed by atoms with Crippen LogP contribution in [0.15, 0.2) is 10.6 Å². The number of halogens is 2. The van der Waals surface area contributed by atoms with Crippen LogP contribution in [0.5, 0.6) is 5.88 Å². The number of carbonyl (C=O) groups is 1. The van der Waals surface area contributed by atoms with E-state index in [9.17, 15) is 9.18 Å². The first-order valence-corrected chi connectivity index (χ1v) is 11.4. The quantitative estimate of drug-likeness (QED) is 0.655. The van der Waals surface area contributed by atoms with E-state index in [-0.39, 0.29) is 17.0 Å². The SMILES string of the molecule is CN1C[C@@H](F)C[C@H]1COc1cc(Cl)nc(-c2noc3c2CCC[C@@]32CCCCC2=O)n1. The Kier molecular flexibility index (Phi) is 5.46. The second kappa shape index (κ2) is 8.13. The average molecular weight is 449 g/mol. The number of hydrogen-bond acceptors (Lipinski definition) is 7. The minimum atomic E-state index is -0.834. The maximum absolute atomic E-state index is 13.6.